The minimum absolute atomic E-state index is 0.307. The highest BCUT2D eigenvalue weighted by Crippen LogP contribution is 2.15. The summed E-state index contributed by atoms with van der Waals surface area (Å²) in [6, 6.07) is 0. The number of hydrogen-bond donors (Lipinski definition) is 2. The summed E-state index contributed by atoms with van der Waals surface area (Å²) < 4.78 is 21.8. The van der Waals surface area contributed by atoms with Gasteiger partial charge in [0.2, 0.25) is 0 Å². The SMILES string of the molecule is CCCN=C(NN)C(C)(C)S(C)(=O)=O. The van der Waals surface area contributed by atoms with Crippen molar-refractivity contribution in [3.63, 3.8) is 0 Å². The molecule has 0 aliphatic heterocycles. The van der Waals surface area contributed by atoms with E-state index in [1.165, 1.54) is 6.26 Å². The van der Waals surface area contributed by atoms with Crippen LogP contribution < -0.4 is 11.3 Å². The van der Waals surface area contributed by atoms with E-state index in [2.05, 4.69) is 10.4 Å². The van der Waals surface area contributed by atoms with Crippen LogP contribution in [0.25, 0.3) is 0 Å². The van der Waals surface area contributed by atoms with Gasteiger partial charge < -0.3 is 5.43 Å². The first-order valence-corrected chi connectivity index (χ1v) is 6.37. The zero-order valence-corrected chi connectivity index (χ0v) is 9.98. The van der Waals surface area contributed by atoms with Gasteiger partial charge in [0.1, 0.15) is 10.6 Å². The van der Waals surface area contributed by atoms with E-state index in [9.17, 15) is 8.42 Å². The fourth-order valence-electron chi connectivity index (χ4n) is 0.809. The van der Waals surface area contributed by atoms with E-state index in [1.807, 2.05) is 6.92 Å². The third-order valence-corrected chi connectivity index (χ3v) is 4.17. The van der Waals surface area contributed by atoms with Crippen LogP contribution >= 0.6 is 0 Å². The Morgan fingerprint density at radius 2 is 2.00 bits per heavy atom. The largest absolute Gasteiger partial charge is 0.311 e. The smallest absolute Gasteiger partial charge is 0.159 e. The first-order chi connectivity index (χ1) is 6.27. The molecule has 0 bridgehead atoms. The summed E-state index contributed by atoms with van der Waals surface area (Å²) in [5.74, 6) is 5.56. The molecular weight excluding hydrogens is 202 g/mol. The molecule has 0 amide bonds. The molecule has 0 rings (SSSR count). The monoisotopic (exact) mass is 221 g/mol. The number of aliphatic imine (C=N–C) groups is 1. The quantitative estimate of drug-likeness (QED) is 0.305. The van der Waals surface area contributed by atoms with Crippen LogP contribution in [0.5, 0.6) is 0 Å². The summed E-state index contributed by atoms with van der Waals surface area (Å²) in [5, 5.41) is 0. The van der Waals surface area contributed by atoms with Crippen LogP contribution in [0.2, 0.25) is 0 Å². The Kier molecular flexibility index (Phi) is 4.54. The molecule has 0 aliphatic rings. The second kappa shape index (κ2) is 4.75. The molecule has 0 spiro atoms. The number of sulfone groups is 1. The molecular formula is C8H19N3O2S. The summed E-state index contributed by atoms with van der Waals surface area (Å²) in [4.78, 5) is 4.10. The molecule has 0 fully saturated rings. The van der Waals surface area contributed by atoms with Crippen LogP contribution in [-0.4, -0.2) is 31.8 Å². The lowest BCUT2D eigenvalue weighted by Gasteiger charge is -2.24. The Hall–Kier alpha value is -0.620. The maximum atomic E-state index is 11.4. The summed E-state index contributed by atoms with van der Waals surface area (Å²) in [6.45, 7) is 5.69. The van der Waals surface area contributed by atoms with E-state index < -0.39 is 14.6 Å². The minimum atomic E-state index is -3.22. The van der Waals surface area contributed by atoms with Gasteiger partial charge in [-0.1, -0.05) is 6.92 Å². The molecule has 3 N–H and O–H groups in total. The average Bonchev–Trinajstić information content (AvgIpc) is 2.03. The van der Waals surface area contributed by atoms with Gasteiger partial charge >= 0.3 is 0 Å². The van der Waals surface area contributed by atoms with Crippen molar-refractivity contribution in [1.29, 1.82) is 0 Å². The summed E-state index contributed by atoms with van der Waals surface area (Å²) in [6.07, 6.45) is 2.02. The lowest BCUT2D eigenvalue weighted by Crippen LogP contribution is -2.50. The number of amidine groups is 1. The maximum absolute atomic E-state index is 11.4. The predicted octanol–water partition coefficient (Wildman–Crippen LogP) is 0.0814. The third-order valence-electron chi connectivity index (χ3n) is 2.13. The number of hydrogen-bond acceptors (Lipinski definition) is 4. The van der Waals surface area contributed by atoms with E-state index in [4.69, 9.17) is 5.84 Å². The van der Waals surface area contributed by atoms with Gasteiger partial charge in [-0.15, -0.1) is 0 Å². The number of hydrazine groups is 1. The summed E-state index contributed by atoms with van der Waals surface area (Å²) in [5.41, 5.74) is 2.35. The Labute approximate surface area is 85.7 Å². The van der Waals surface area contributed by atoms with Crippen molar-refractivity contribution < 1.29 is 8.42 Å². The molecule has 0 saturated heterocycles. The number of nitrogens with one attached hydrogen (secondary N) is 1. The number of nitrogens with zero attached hydrogens (tertiary/aromatic N) is 1. The fourth-order valence-corrected chi connectivity index (χ4v) is 1.28. The maximum Gasteiger partial charge on any atom is 0.159 e. The second-order valence-corrected chi connectivity index (χ2v) is 6.22. The van der Waals surface area contributed by atoms with Crippen LogP contribution in [0.1, 0.15) is 27.2 Å². The lowest BCUT2D eigenvalue weighted by molar-refractivity contribution is 0.580. The second-order valence-electron chi connectivity index (χ2n) is 3.66. The van der Waals surface area contributed by atoms with E-state index in [-0.39, 0.29) is 0 Å². The van der Waals surface area contributed by atoms with Crippen LogP contribution in [0.3, 0.4) is 0 Å². The van der Waals surface area contributed by atoms with E-state index in [1.54, 1.807) is 13.8 Å². The third kappa shape index (κ3) is 2.95. The predicted molar refractivity (Wildman–Crippen MR) is 58.8 cm³/mol. The molecule has 0 aromatic heterocycles. The standard InChI is InChI=1S/C8H19N3O2S/c1-5-6-10-7(11-9)8(2,3)14(4,12)13/h5-6,9H2,1-4H3,(H,10,11). The first-order valence-electron chi connectivity index (χ1n) is 4.48. The van der Waals surface area contributed by atoms with Crippen molar-refractivity contribution in [3.05, 3.63) is 0 Å². The Morgan fingerprint density at radius 1 is 1.50 bits per heavy atom. The Balaban J connectivity index is 5.04. The Bertz CT molecular complexity index is 307. The molecule has 5 nitrogen and oxygen atoms in total. The van der Waals surface area contributed by atoms with Gasteiger partial charge in [-0.2, -0.15) is 0 Å². The van der Waals surface area contributed by atoms with Gasteiger partial charge in [0, 0.05) is 12.8 Å². The van der Waals surface area contributed by atoms with Crippen molar-refractivity contribution in [2.75, 3.05) is 12.8 Å². The van der Waals surface area contributed by atoms with Gasteiger partial charge in [-0.25, -0.2) is 14.3 Å². The minimum Gasteiger partial charge on any atom is -0.311 e. The van der Waals surface area contributed by atoms with Crippen molar-refractivity contribution in [3.8, 4) is 0 Å². The highest BCUT2D eigenvalue weighted by molar-refractivity contribution is 7.92. The van der Waals surface area contributed by atoms with Gasteiger partial charge in [-0.3, -0.25) is 4.99 Å². The topological polar surface area (TPSA) is 84.5 Å². The van der Waals surface area contributed by atoms with Crippen LogP contribution in [-0.2, 0) is 9.84 Å². The lowest BCUT2D eigenvalue weighted by atomic mass is 10.2. The molecule has 0 unspecified atom stereocenters. The van der Waals surface area contributed by atoms with Gasteiger partial charge in [-0.05, 0) is 20.3 Å². The number of nitrogens with two attached hydrogens (primary N) is 1. The normalized spacial score (nSPS) is 14.2. The molecule has 6 heteroatoms. The van der Waals surface area contributed by atoms with Gasteiger partial charge in [0.05, 0.1) is 0 Å². The molecule has 14 heavy (non-hydrogen) atoms. The number of rotatable bonds is 4. The van der Waals surface area contributed by atoms with Crippen LogP contribution in [0, 0.1) is 0 Å². The van der Waals surface area contributed by atoms with Crippen molar-refractivity contribution in [1.82, 2.24) is 5.43 Å². The highest BCUT2D eigenvalue weighted by atomic mass is 32.2. The van der Waals surface area contributed by atoms with Gasteiger partial charge in [0.15, 0.2) is 9.84 Å². The zero-order valence-electron chi connectivity index (χ0n) is 9.16. The van der Waals surface area contributed by atoms with Crippen molar-refractivity contribution >= 4 is 15.7 Å². The molecule has 0 aromatic carbocycles. The fraction of sp³-hybridized carbons (Fsp3) is 0.875. The molecule has 0 atom stereocenters. The molecule has 0 saturated carbocycles. The van der Waals surface area contributed by atoms with Crippen molar-refractivity contribution in [2.24, 2.45) is 10.8 Å². The molecule has 0 aliphatic carbocycles. The molecule has 84 valence electrons. The first kappa shape index (κ1) is 13.4. The van der Waals surface area contributed by atoms with E-state index in [0.717, 1.165) is 6.42 Å². The van der Waals surface area contributed by atoms with Crippen LogP contribution in [0.4, 0.5) is 0 Å². The highest BCUT2D eigenvalue weighted by Gasteiger charge is 2.35. The molecule has 0 radical (unpaired) electrons. The average molecular weight is 221 g/mol. The van der Waals surface area contributed by atoms with Crippen molar-refractivity contribution in [2.45, 2.75) is 31.9 Å². The molecule has 0 heterocycles. The van der Waals surface area contributed by atoms with Crippen LogP contribution in [0.15, 0.2) is 4.99 Å². The summed E-state index contributed by atoms with van der Waals surface area (Å²) in [7, 11) is -3.22. The Morgan fingerprint density at radius 3 is 2.29 bits per heavy atom. The zero-order chi connectivity index (χ0) is 11.4. The van der Waals surface area contributed by atoms with E-state index >= 15 is 0 Å². The molecule has 0 aromatic rings. The summed E-state index contributed by atoms with van der Waals surface area (Å²) >= 11 is 0. The van der Waals surface area contributed by atoms with E-state index in [0.29, 0.717) is 12.4 Å². The van der Waals surface area contributed by atoms with Gasteiger partial charge in [0.25, 0.3) is 0 Å².